The molecule has 0 aliphatic carbocycles. The van der Waals surface area contributed by atoms with Crippen molar-refractivity contribution in [2.45, 2.75) is 18.9 Å². The number of aromatic nitrogens is 1. The van der Waals surface area contributed by atoms with Crippen molar-refractivity contribution < 1.29 is 19.4 Å². The Kier molecular flexibility index (Phi) is 7.06. The number of ether oxygens (including phenoxy) is 1. The van der Waals surface area contributed by atoms with Gasteiger partial charge in [-0.25, -0.2) is 0 Å². The molecule has 0 saturated carbocycles. The first kappa shape index (κ1) is 21.1. The standard InChI is InChI=1S/C21H24ClN3O4/c1-29-17-5-4-14(18(22)10-17)9-20(27)25-8-6-19(16(12-25)13-26)24-21(28)15-3-2-7-23-11-15/h2-5,7,10-11,16,19,26H,6,8-9,12-13H2,1H3,(H,24,28)/t16-,19-/m1/s1. The topological polar surface area (TPSA) is 91.8 Å². The SMILES string of the molecule is COc1ccc(CC(=O)N2CC[C@@H](NC(=O)c3cccnc3)[C@@H](CO)C2)c(Cl)c1. The van der Waals surface area contributed by atoms with Crippen LogP contribution in [-0.4, -0.2) is 59.7 Å². The van der Waals surface area contributed by atoms with Gasteiger partial charge in [-0.1, -0.05) is 17.7 Å². The summed E-state index contributed by atoms with van der Waals surface area (Å²) in [6.07, 6.45) is 3.85. The third-order valence-electron chi connectivity index (χ3n) is 5.16. The van der Waals surface area contributed by atoms with Gasteiger partial charge in [0, 0.05) is 49.1 Å². The summed E-state index contributed by atoms with van der Waals surface area (Å²) in [6.45, 7) is 0.757. The molecule has 2 N–H and O–H groups in total. The van der Waals surface area contributed by atoms with Crippen molar-refractivity contribution >= 4 is 23.4 Å². The van der Waals surface area contributed by atoms with Crippen molar-refractivity contribution in [2.24, 2.45) is 5.92 Å². The zero-order valence-electron chi connectivity index (χ0n) is 16.2. The Bertz CT molecular complexity index is 862. The predicted octanol–water partition coefficient (Wildman–Crippen LogP) is 1.93. The molecule has 1 aliphatic rings. The molecule has 1 saturated heterocycles. The molecule has 2 atom stereocenters. The number of nitrogens with zero attached hydrogens (tertiary/aromatic N) is 2. The second-order valence-electron chi connectivity index (χ2n) is 7.03. The van der Waals surface area contributed by atoms with Gasteiger partial charge in [-0.05, 0) is 36.2 Å². The molecule has 8 heteroatoms. The maximum absolute atomic E-state index is 12.7. The van der Waals surface area contributed by atoms with E-state index in [0.29, 0.717) is 35.8 Å². The molecule has 0 spiro atoms. The third-order valence-corrected chi connectivity index (χ3v) is 5.52. The van der Waals surface area contributed by atoms with Gasteiger partial charge in [0.1, 0.15) is 5.75 Å². The van der Waals surface area contributed by atoms with Crippen molar-refractivity contribution in [1.82, 2.24) is 15.2 Å². The second kappa shape index (κ2) is 9.71. The summed E-state index contributed by atoms with van der Waals surface area (Å²) in [6, 6.07) is 8.41. The minimum absolute atomic E-state index is 0.0625. The first-order chi connectivity index (χ1) is 14.0. The number of hydrogen-bond donors (Lipinski definition) is 2. The summed E-state index contributed by atoms with van der Waals surface area (Å²) in [5.41, 5.74) is 1.20. The van der Waals surface area contributed by atoms with Crippen LogP contribution in [0.3, 0.4) is 0 Å². The molecule has 29 heavy (non-hydrogen) atoms. The predicted molar refractivity (Wildman–Crippen MR) is 109 cm³/mol. The van der Waals surface area contributed by atoms with Crippen molar-refractivity contribution in [3.05, 3.63) is 58.9 Å². The number of halogens is 1. The number of aliphatic hydroxyl groups excluding tert-OH is 1. The Morgan fingerprint density at radius 2 is 2.21 bits per heavy atom. The Labute approximate surface area is 174 Å². The van der Waals surface area contributed by atoms with E-state index in [-0.39, 0.29) is 36.8 Å². The van der Waals surface area contributed by atoms with E-state index in [0.717, 1.165) is 5.56 Å². The van der Waals surface area contributed by atoms with Gasteiger partial charge >= 0.3 is 0 Å². The van der Waals surface area contributed by atoms with E-state index in [4.69, 9.17) is 16.3 Å². The Morgan fingerprint density at radius 3 is 2.86 bits per heavy atom. The molecule has 0 unspecified atom stereocenters. The number of aliphatic hydroxyl groups is 1. The highest BCUT2D eigenvalue weighted by Crippen LogP contribution is 2.24. The molecule has 1 aliphatic heterocycles. The maximum atomic E-state index is 12.7. The van der Waals surface area contributed by atoms with Crippen LogP contribution in [0.2, 0.25) is 5.02 Å². The smallest absolute Gasteiger partial charge is 0.253 e. The van der Waals surface area contributed by atoms with Gasteiger partial charge in [0.25, 0.3) is 5.91 Å². The summed E-state index contributed by atoms with van der Waals surface area (Å²) in [5.74, 6) is 0.107. The Morgan fingerprint density at radius 1 is 1.38 bits per heavy atom. The lowest BCUT2D eigenvalue weighted by molar-refractivity contribution is -0.132. The summed E-state index contributed by atoms with van der Waals surface area (Å²) >= 11 is 6.24. The van der Waals surface area contributed by atoms with Gasteiger partial charge in [-0.2, -0.15) is 0 Å². The fourth-order valence-electron chi connectivity index (χ4n) is 3.46. The quantitative estimate of drug-likeness (QED) is 0.749. The van der Waals surface area contributed by atoms with Gasteiger partial charge in [0.2, 0.25) is 5.91 Å². The van der Waals surface area contributed by atoms with Crippen molar-refractivity contribution in [3.8, 4) is 5.75 Å². The molecule has 0 radical (unpaired) electrons. The van der Waals surface area contributed by atoms with E-state index in [9.17, 15) is 14.7 Å². The van der Waals surface area contributed by atoms with Crippen LogP contribution in [0.5, 0.6) is 5.75 Å². The number of likely N-dealkylation sites (tertiary alicyclic amines) is 1. The zero-order valence-corrected chi connectivity index (χ0v) is 16.9. The van der Waals surface area contributed by atoms with E-state index >= 15 is 0 Å². The number of hydrogen-bond acceptors (Lipinski definition) is 5. The Balaban J connectivity index is 1.60. The molecule has 0 bridgehead atoms. The molecule has 1 aromatic heterocycles. The summed E-state index contributed by atoms with van der Waals surface area (Å²) in [7, 11) is 1.56. The molecule has 7 nitrogen and oxygen atoms in total. The third kappa shape index (κ3) is 5.25. The highest BCUT2D eigenvalue weighted by atomic mass is 35.5. The van der Waals surface area contributed by atoms with Gasteiger partial charge in [-0.15, -0.1) is 0 Å². The van der Waals surface area contributed by atoms with E-state index in [2.05, 4.69) is 10.3 Å². The fraction of sp³-hybridized carbons (Fsp3) is 0.381. The van der Waals surface area contributed by atoms with Crippen LogP contribution in [-0.2, 0) is 11.2 Å². The lowest BCUT2D eigenvalue weighted by Crippen LogP contribution is -2.53. The number of piperidine rings is 1. The van der Waals surface area contributed by atoms with Crippen LogP contribution in [0, 0.1) is 5.92 Å². The number of pyridine rings is 1. The molecule has 154 valence electrons. The van der Waals surface area contributed by atoms with Crippen molar-refractivity contribution in [3.63, 3.8) is 0 Å². The van der Waals surface area contributed by atoms with Crippen molar-refractivity contribution in [2.75, 3.05) is 26.8 Å². The molecule has 2 heterocycles. The number of benzene rings is 1. The average Bonchev–Trinajstić information content (AvgIpc) is 2.75. The molecule has 2 amide bonds. The van der Waals surface area contributed by atoms with E-state index < -0.39 is 0 Å². The molecule has 1 fully saturated rings. The number of amides is 2. The van der Waals surface area contributed by atoms with Crippen LogP contribution in [0.4, 0.5) is 0 Å². The largest absolute Gasteiger partial charge is 0.497 e. The lowest BCUT2D eigenvalue weighted by atomic mass is 9.92. The van der Waals surface area contributed by atoms with Gasteiger partial charge < -0.3 is 20.1 Å². The van der Waals surface area contributed by atoms with Crippen LogP contribution >= 0.6 is 11.6 Å². The molecule has 1 aromatic carbocycles. The number of carbonyl (C=O) groups excluding carboxylic acids is 2. The summed E-state index contributed by atoms with van der Waals surface area (Å²) in [4.78, 5) is 30.8. The normalized spacial score (nSPS) is 18.9. The van der Waals surface area contributed by atoms with Gasteiger partial charge in [0.05, 0.1) is 19.1 Å². The fourth-order valence-corrected chi connectivity index (χ4v) is 3.69. The lowest BCUT2D eigenvalue weighted by Gasteiger charge is -2.38. The van der Waals surface area contributed by atoms with E-state index in [1.807, 2.05) is 0 Å². The van der Waals surface area contributed by atoms with Crippen LogP contribution in [0.25, 0.3) is 0 Å². The minimum Gasteiger partial charge on any atom is -0.497 e. The Hall–Kier alpha value is -2.64. The monoisotopic (exact) mass is 417 g/mol. The minimum atomic E-state index is -0.236. The highest BCUT2D eigenvalue weighted by Gasteiger charge is 2.32. The van der Waals surface area contributed by atoms with Crippen LogP contribution in [0.1, 0.15) is 22.3 Å². The first-order valence-electron chi connectivity index (χ1n) is 9.43. The molecular formula is C21H24ClN3O4. The van der Waals surface area contributed by atoms with Crippen LogP contribution in [0.15, 0.2) is 42.7 Å². The molecular weight excluding hydrogens is 394 g/mol. The highest BCUT2D eigenvalue weighted by molar-refractivity contribution is 6.31. The van der Waals surface area contributed by atoms with Crippen LogP contribution < -0.4 is 10.1 Å². The molecule has 2 aromatic rings. The number of methoxy groups -OCH3 is 1. The van der Waals surface area contributed by atoms with E-state index in [1.165, 1.54) is 6.20 Å². The maximum Gasteiger partial charge on any atom is 0.253 e. The average molecular weight is 418 g/mol. The zero-order chi connectivity index (χ0) is 20.8. The summed E-state index contributed by atoms with van der Waals surface area (Å²) in [5, 5.41) is 13.2. The van der Waals surface area contributed by atoms with Crippen molar-refractivity contribution in [1.29, 1.82) is 0 Å². The van der Waals surface area contributed by atoms with Gasteiger partial charge in [0.15, 0.2) is 0 Å². The summed E-state index contributed by atoms with van der Waals surface area (Å²) < 4.78 is 5.13. The first-order valence-corrected chi connectivity index (χ1v) is 9.81. The number of nitrogens with one attached hydrogen (secondary N) is 1. The van der Waals surface area contributed by atoms with Gasteiger partial charge in [-0.3, -0.25) is 14.6 Å². The number of carbonyl (C=O) groups is 2. The molecule has 3 rings (SSSR count). The number of rotatable bonds is 6. The second-order valence-corrected chi connectivity index (χ2v) is 7.43. The van der Waals surface area contributed by atoms with E-state index in [1.54, 1.807) is 48.5 Å².